The van der Waals surface area contributed by atoms with Crippen LogP contribution in [0.1, 0.15) is 12.5 Å². The molecule has 1 unspecified atom stereocenters. The molecule has 2 aromatic carbocycles. The Hall–Kier alpha value is -2.83. The highest BCUT2D eigenvalue weighted by atomic mass is 19.2. The maximum Gasteiger partial charge on any atom is 0.316 e. The van der Waals surface area contributed by atoms with Gasteiger partial charge in [0.1, 0.15) is 0 Å². The highest BCUT2D eigenvalue weighted by Crippen LogP contribution is 2.32. The lowest BCUT2D eigenvalue weighted by atomic mass is 10.1. The smallest absolute Gasteiger partial charge is 0.315 e. The fraction of sp³-hybridized carbons (Fsp3) is 0.176. The summed E-state index contributed by atoms with van der Waals surface area (Å²) in [5, 5.41) is 1.99. The first-order chi connectivity index (χ1) is 11.4. The predicted molar refractivity (Wildman–Crippen MR) is 82.0 cm³/mol. The SMILES string of the molecule is CC1Cc2ccccc2N1C(=O)C(=O)Nc1ccc(F)c(F)c1F. The zero-order valence-electron chi connectivity index (χ0n) is 12.6. The molecule has 1 atom stereocenters. The number of nitrogens with zero attached hydrogens (tertiary/aromatic N) is 1. The Kier molecular flexibility index (Phi) is 4.01. The van der Waals surface area contributed by atoms with Crippen LogP contribution in [0.15, 0.2) is 36.4 Å². The van der Waals surface area contributed by atoms with Gasteiger partial charge >= 0.3 is 11.8 Å². The number of amides is 2. The van der Waals surface area contributed by atoms with E-state index in [1.165, 1.54) is 4.90 Å². The number of carbonyl (C=O) groups excluding carboxylic acids is 2. The fourth-order valence-corrected chi connectivity index (χ4v) is 2.78. The average Bonchev–Trinajstić information content (AvgIpc) is 2.90. The maximum atomic E-state index is 13.6. The van der Waals surface area contributed by atoms with Crippen molar-refractivity contribution in [2.24, 2.45) is 0 Å². The van der Waals surface area contributed by atoms with Crippen molar-refractivity contribution in [2.45, 2.75) is 19.4 Å². The molecule has 2 aromatic rings. The molecular formula is C17H13F3N2O2. The van der Waals surface area contributed by atoms with Crippen LogP contribution in [0.4, 0.5) is 24.5 Å². The van der Waals surface area contributed by atoms with Crippen molar-refractivity contribution in [3.63, 3.8) is 0 Å². The zero-order valence-corrected chi connectivity index (χ0v) is 12.6. The van der Waals surface area contributed by atoms with Crippen molar-refractivity contribution >= 4 is 23.2 Å². The highest BCUT2D eigenvalue weighted by Gasteiger charge is 2.34. The molecule has 7 heteroatoms. The standard InChI is InChI=1S/C17H13F3N2O2/c1-9-8-10-4-2-3-5-13(10)22(9)17(24)16(23)21-12-7-6-11(18)14(19)15(12)20/h2-7,9H,8H2,1H3,(H,21,23). The lowest BCUT2D eigenvalue weighted by Crippen LogP contribution is -2.43. The van der Waals surface area contributed by atoms with Gasteiger partial charge in [-0.05, 0) is 37.1 Å². The Morgan fingerprint density at radius 1 is 1.08 bits per heavy atom. The zero-order chi connectivity index (χ0) is 17.4. The van der Waals surface area contributed by atoms with Gasteiger partial charge in [0.15, 0.2) is 17.5 Å². The first-order valence-electron chi connectivity index (χ1n) is 7.26. The van der Waals surface area contributed by atoms with Gasteiger partial charge in [-0.15, -0.1) is 0 Å². The molecule has 0 fully saturated rings. The summed E-state index contributed by atoms with van der Waals surface area (Å²) in [6, 6.07) is 8.43. The van der Waals surface area contributed by atoms with Gasteiger partial charge < -0.3 is 10.2 Å². The summed E-state index contributed by atoms with van der Waals surface area (Å²) < 4.78 is 39.7. The number of hydrogen-bond acceptors (Lipinski definition) is 2. The summed E-state index contributed by atoms with van der Waals surface area (Å²) in [6.07, 6.45) is 0.592. The minimum atomic E-state index is -1.71. The molecule has 2 amide bonds. The van der Waals surface area contributed by atoms with Crippen molar-refractivity contribution in [1.29, 1.82) is 0 Å². The number of halogens is 3. The Morgan fingerprint density at radius 2 is 1.79 bits per heavy atom. The summed E-state index contributed by atoms with van der Waals surface area (Å²) in [7, 11) is 0. The molecule has 4 nitrogen and oxygen atoms in total. The Morgan fingerprint density at radius 3 is 2.54 bits per heavy atom. The number of hydrogen-bond donors (Lipinski definition) is 1. The maximum absolute atomic E-state index is 13.6. The Balaban J connectivity index is 1.84. The van der Waals surface area contributed by atoms with Crippen LogP contribution in [-0.4, -0.2) is 17.9 Å². The van der Waals surface area contributed by atoms with Gasteiger partial charge in [0.25, 0.3) is 0 Å². The van der Waals surface area contributed by atoms with Crippen LogP contribution in [0.25, 0.3) is 0 Å². The van der Waals surface area contributed by atoms with E-state index in [4.69, 9.17) is 0 Å². The van der Waals surface area contributed by atoms with Crippen molar-refractivity contribution in [3.05, 3.63) is 59.4 Å². The summed E-state index contributed by atoms with van der Waals surface area (Å²) in [6.45, 7) is 1.78. The van der Waals surface area contributed by atoms with Crippen LogP contribution >= 0.6 is 0 Å². The molecule has 24 heavy (non-hydrogen) atoms. The van der Waals surface area contributed by atoms with Crippen LogP contribution in [0.2, 0.25) is 0 Å². The molecule has 1 aliphatic heterocycles. The normalized spacial score (nSPS) is 16.0. The van der Waals surface area contributed by atoms with Gasteiger partial charge in [0.05, 0.1) is 5.69 Å². The molecule has 0 spiro atoms. The third kappa shape index (κ3) is 2.62. The molecule has 0 aromatic heterocycles. The van der Waals surface area contributed by atoms with Crippen LogP contribution in [0.5, 0.6) is 0 Å². The highest BCUT2D eigenvalue weighted by molar-refractivity contribution is 6.44. The van der Waals surface area contributed by atoms with Crippen LogP contribution in [0.3, 0.4) is 0 Å². The fourth-order valence-electron chi connectivity index (χ4n) is 2.78. The number of fused-ring (bicyclic) bond motifs is 1. The second kappa shape index (κ2) is 5.99. The predicted octanol–water partition coefficient (Wildman–Crippen LogP) is 3.02. The molecule has 0 bridgehead atoms. The molecule has 124 valence electrons. The van der Waals surface area contributed by atoms with E-state index in [-0.39, 0.29) is 6.04 Å². The van der Waals surface area contributed by atoms with Gasteiger partial charge in [-0.1, -0.05) is 18.2 Å². The van der Waals surface area contributed by atoms with E-state index < -0.39 is 35.0 Å². The molecule has 0 saturated heterocycles. The van der Waals surface area contributed by atoms with Crippen molar-refractivity contribution in [2.75, 3.05) is 10.2 Å². The third-order valence-electron chi connectivity index (χ3n) is 3.90. The number of benzene rings is 2. The number of carbonyl (C=O) groups is 2. The van der Waals surface area contributed by atoms with Crippen LogP contribution in [0, 0.1) is 17.5 Å². The number of nitrogens with one attached hydrogen (secondary N) is 1. The van der Waals surface area contributed by atoms with Crippen molar-refractivity contribution < 1.29 is 22.8 Å². The summed E-state index contributed by atoms with van der Waals surface area (Å²) in [5.74, 6) is -6.65. The van der Waals surface area contributed by atoms with Gasteiger partial charge in [-0.25, -0.2) is 13.2 Å². The second-order valence-electron chi connectivity index (χ2n) is 5.53. The van der Waals surface area contributed by atoms with Gasteiger partial charge in [-0.2, -0.15) is 0 Å². The molecule has 1 N–H and O–H groups in total. The monoisotopic (exact) mass is 334 g/mol. The number of para-hydroxylation sites is 1. The molecule has 1 heterocycles. The minimum Gasteiger partial charge on any atom is -0.315 e. The quantitative estimate of drug-likeness (QED) is 0.644. The van der Waals surface area contributed by atoms with Crippen LogP contribution in [-0.2, 0) is 16.0 Å². The number of rotatable bonds is 1. The van der Waals surface area contributed by atoms with E-state index in [1.807, 2.05) is 17.4 Å². The van der Waals surface area contributed by atoms with E-state index in [1.54, 1.807) is 19.1 Å². The van der Waals surface area contributed by atoms with Gasteiger partial charge in [0.2, 0.25) is 0 Å². The molecule has 0 saturated carbocycles. The Bertz CT molecular complexity index is 839. The second-order valence-corrected chi connectivity index (χ2v) is 5.53. The average molecular weight is 334 g/mol. The van der Waals surface area contributed by atoms with E-state index in [0.29, 0.717) is 18.2 Å². The molecular weight excluding hydrogens is 321 g/mol. The molecule has 1 aliphatic rings. The lowest BCUT2D eigenvalue weighted by molar-refractivity contribution is -0.134. The third-order valence-corrected chi connectivity index (χ3v) is 3.90. The summed E-state index contributed by atoms with van der Waals surface area (Å²) in [5.41, 5.74) is 0.938. The molecule has 3 rings (SSSR count). The first-order valence-corrected chi connectivity index (χ1v) is 7.26. The lowest BCUT2D eigenvalue weighted by Gasteiger charge is -2.22. The number of anilines is 2. The summed E-state index contributed by atoms with van der Waals surface area (Å²) >= 11 is 0. The summed E-state index contributed by atoms with van der Waals surface area (Å²) in [4.78, 5) is 25.8. The van der Waals surface area contributed by atoms with E-state index in [2.05, 4.69) is 0 Å². The largest absolute Gasteiger partial charge is 0.316 e. The van der Waals surface area contributed by atoms with Crippen LogP contribution < -0.4 is 10.2 Å². The molecule has 0 aliphatic carbocycles. The van der Waals surface area contributed by atoms with Gasteiger partial charge in [0, 0.05) is 11.7 Å². The van der Waals surface area contributed by atoms with Crippen molar-refractivity contribution in [3.8, 4) is 0 Å². The van der Waals surface area contributed by atoms with E-state index in [0.717, 1.165) is 11.6 Å². The van der Waals surface area contributed by atoms with Gasteiger partial charge in [-0.3, -0.25) is 9.59 Å². The van der Waals surface area contributed by atoms with E-state index in [9.17, 15) is 22.8 Å². The first kappa shape index (κ1) is 16.0. The topological polar surface area (TPSA) is 49.4 Å². The molecule has 0 radical (unpaired) electrons. The minimum absolute atomic E-state index is 0.240. The Labute approximate surface area is 135 Å². The van der Waals surface area contributed by atoms with Crippen molar-refractivity contribution in [1.82, 2.24) is 0 Å². The van der Waals surface area contributed by atoms with E-state index >= 15 is 0 Å².